The van der Waals surface area contributed by atoms with E-state index in [0.29, 0.717) is 9.79 Å². The van der Waals surface area contributed by atoms with Gasteiger partial charge in [-0.05, 0) is 36.8 Å². The molecule has 0 saturated carbocycles. The molecule has 0 fully saturated rings. The second kappa shape index (κ2) is 10.2. The van der Waals surface area contributed by atoms with Crippen LogP contribution < -0.4 is 0 Å². The van der Waals surface area contributed by atoms with Crippen LogP contribution in [0.2, 0.25) is 0 Å². The molecule has 0 saturated heterocycles. The fourth-order valence-electron chi connectivity index (χ4n) is 1.52. The van der Waals surface area contributed by atoms with E-state index >= 15 is 0 Å². The molecule has 0 atom stereocenters. The van der Waals surface area contributed by atoms with Crippen molar-refractivity contribution in [3.8, 4) is 0 Å². The predicted octanol–water partition coefficient (Wildman–Crippen LogP) is 5.27. The van der Waals surface area contributed by atoms with Gasteiger partial charge < -0.3 is 0 Å². The lowest BCUT2D eigenvalue weighted by molar-refractivity contribution is 0.596. The van der Waals surface area contributed by atoms with Crippen molar-refractivity contribution in [2.24, 2.45) is 0 Å². The first-order valence-corrected chi connectivity index (χ1v) is 8.87. The summed E-state index contributed by atoms with van der Waals surface area (Å²) in [6.45, 7) is 10.1. The molecule has 0 bridgehead atoms. The minimum absolute atomic E-state index is 0.334. The standard InChI is InChI=1S/C13H12O2S.C3H8.C2H6/c1-11-6-5-9-13(10-11)16(14,15)12-7-3-2-4-8-12;1-3-2;1-2/h2-10H,1H3;3H2,1-2H3;1-2H3. The van der Waals surface area contributed by atoms with E-state index in [1.807, 2.05) is 26.8 Å². The van der Waals surface area contributed by atoms with E-state index in [9.17, 15) is 8.42 Å². The zero-order valence-electron chi connectivity index (χ0n) is 13.6. The molecule has 2 aromatic carbocycles. The zero-order chi connectivity index (χ0) is 16.3. The molecule has 21 heavy (non-hydrogen) atoms. The number of aryl methyl sites for hydroxylation is 1. The number of rotatable bonds is 2. The Kier molecular flexibility index (Phi) is 9.39. The second-order valence-corrected chi connectivity index (χ2v) is 6.29. The van der Waals surface area contributed by atoms with Gasteiger partial charge in [0.05, 0.1) is 9.79 Å². The molecule has 0 N–H and O–H groups in total. The average Bonchev–Trinajstić information content (AvgIpc) is 2.51. The van der Waals surface area contributed by atoms with Gasteiger partial charge in [-0.3, -0.25) is 0 Å². The van der Waals surface area contributed by atoms with Crippen LogP contribution in [0.25, 0.3) is 0 Å². The Morgan fingerprint density at radius 1 is 0.810 bits per heavy atom. The molecule has 0 heterocycles. The zero-order valence-corrected chi connectivity index (χ0v) is 14.4. The summed E-state index contributed by atoms with van der Waals surface area (Å²) in [7, 11) is -3.36. The van der Waals surface area contributed by atoms with Gasteiger partial charge in [0.25, 0.3) is 0 Å². The van der Waals surface area contributed by atoms with Crippen LogP contribution in [-0.2, 0) is 9.84 Å². The van der Waals surface area contributed by atoms with E-state index in [4.69, 9.17) is 0 Å². The lowest BCUT2D eigenvalue weighted by atomic mass is 10.2. The third-order valence-corrected chi connectivity index (χ3v) is 4.12. The van der Waals surface area contributed by atoms with E-state index in [2.05, 4.69) is 13.8 Å². The largest absolute Gasteiger partial charge is 0.219 e. The van der Waals surface area contributed by atoms with Gasteiger partial charge in [0.15, 0.2) is 0 Å². The number of hydrogen-bond acceptors (Lipinski definition) is 2. The van der Waals surface area contributed by atoms with Gasteiger partial charge in [0, 0.05) is 0 Å². The molecule has 0 aliphatic carbocycles. The van der Waals surface area contributed by atoms with Crippen LogP contribution in [0.4, 0.5) is 0 Å². The monoisotopic (exact) mass is 306 g/mol. The molecule has 2 rings (SSSR count). The molecule has 0 aliphatic rings. The molecule has 116 valence electrons. The molecule has 0 unspecified atom stereocenters. The Balaban J connectivity index is 0.000000713. The Hall–Kier alpha value is -1.61. The lowest BCUT2D eigenvalue weighted by Crippen LogP contribution is -2.01. The third-order valence-electron chi connectivity index (χ3n) is 2.35. The van der Waals surface area contributed by atoms with Crippen LogP contribution in [0.5, 0.6) is 0 Å². The highest BCUT2D eigenvalue weighted by Gasteiger charge is 2.16. The molecule has 0 aromatic heterocycles. The van der Waals surface area contributed by atoms with Crippen molar-refractivity contribution in [1.29, 1.82) is 0 Å². The summed E-state index contributed by atoms with van der Waals surface area (Å²) < 4.78 is 24.4. The summed E-state index contributed by atoms with van der Waals surface area (Å²) in [6.07, 6.45) is 1.25. The molecule has 0 radical (unpaired) electrons. The van der Waals surface area contributed by atoms with Crippen LogP contribution in [0, 0.1) is 6.92 Å². The second-order valence-electron chi connectivity index (χ2n) is 4.34. The van der Waals surface area contributed by atoms with Crippen molar-refractivity contribution in [1.82, 2.24) is 0 Å². The first-order valence-electron chi connectivity index (χ1n) is 7.39. The Morgan fingerprint density at radius 3 is 1.76 bits per heavy atom. The van der Waals surface area contributed by atoms with Gasteiger partial charge in [-0.1, -0.05) is 64.4 Å². The van der Waals surface area contributed by atoms with Gasteiger partial charge in [-0.2, -0.15) is 0 Å². The molecular formula is C18H26O2S. The highest BCUT2D eigenvalue weighted by Crippen LogP contribution is 2.20. The molecule has 2 aromatic rings. The Bertz CT molecular complexity index is 602. The molecular weight excluding hydrogens is 280 g/mol. The average molecular weight is 306 g/mol. The predicted molar refractivity (Wildman–Crippen MR) is 90.4 cm³/mol. The maximum absolute atomic E-state index is 12.2. The fraction of sp³-hybridized carbons (Fsp3) is 0.333. The van der Waals surface area contributed by atoms with Crippen molar-refractivity contribution in [3.63, 3.8) is 0 Å². The number of sulfone groups is 1. The van der Waals surface area contributed by atoms with E-state index in [1.165, 1.54) is 6.42 Å². The maximum Gasteiger partial charge on any atom is 0.206 e. The topological polar surface area (TPSA) is 34.1 Å². The molecule has 0 spiro atoms. The van der Waals surface area contributed by atoms with Crippen LogP contribution in [-0.4, -0.2) is 8.42 Å². The minimum Gasteiger partial charge on any atom is -0.219 e. The van der Waals surface area contributed by atoms with Gasteiger partial charge in [0.2, 0.25) is 9.84 Å². The SMILES string of the molecule is CC.CCC.Cc1cccc(S(=O)(=O)c2ccccc2)c1. The number of hydrogen-bond donors (Lipinski definition) is 0. The summed E-state index contributed by atoms with van der Waals surface area (Å²) in [5.74, 6) is 0. The summed E-state index contributed by atoms with van der Waals surface area (Å²) in [5.41, 5.74) is 0.942. The van der Waals surface area contributed by atoms with Gasteiger partial charge in [-0.15, -0.1) is 0 Å². The number of benzene rings is 2. The third kappa shape index (κ3) is 6.13. The van der Waals surface area contributed by atoms with Crippen molar-refractivity contribution >= 4 is 9.84 Å². The van der Waals surface area contributed by atoms with Crippen LogP contribution in [0.3, 0.4) is 0 Å². The molecule has 3 heteroatoms. The molecule has 0 amide bonds. The van der Waals surface area contributed by atoms with Crippen LogP contribution >= 0.6 is 0 Å². The summed E-state index contributed by atoms with van der Waals surface area (Å²) >= 11 is 0. The first-order chi connectivity index (χ1) is 10.0. The highest BCUT2D eigenvalue weighted by molar-refractivity contribution is 7.91. The van der Waals surface area contributed by atoms with E-state index in [1.54, 1.807) is 48.5 Å². The van der Waals surface area contributed by atoms with Crippen LogP contribution in [0.15, 0.2) is 64.4 Å². The quantitative estimate of drug-likeness (QED) is 0.757. The van der Waals surface area contributed by atoms with Crippen molar-refractivity contribution < 1.29 is 8.42 Å². The van der Waals surface area contributed by atoms with E-state index in [-0.39, 0.29) is 0 Å². The fourth-order valence-corrected chi connectivity index (χ4v) is 2.90. The van der Waals surface area contributed by atoms with Gasteiger partial charge >= 0.3 is 0 Å². The lowest BCUT2D eigenvalue weighted by Gasteiger charge is -2.04. The van der Waals surface area contributed by atoms with Crippen molar-refractivity contribution in [2.75, 3.05) is 0 Å². The van der Waals surface area contributed by atoms with Gasteiger partial charge in [0.1, 0.15) is 0 Å². The normalized spacial score (nSPS) is 9.76. The molecule has 0 aliphatic heterocycles. The Labute approximate surface area is 129 Å². The summed E-state index contributed by atoms with van der Waals surface area (Å²) in [5, 5.41) is 0. The van der Waals surface area contributed by atoms with E-state index in [0.717, 1.165) is 5.56 Å². The van der Waals surface area contributed by atoms with Crippen LogP contribution in [0.1, 0.15) is 39.7 Å². The van der Waals surface area contributed by atoms with Gasteiger partial charge in [-0.25, -0.2) is 8.42 Å². The Morgan fingerprint density at radius 2 is 1.29 bits per heavy atom. The maximum atomic E-state index is 12.2. The van der Waals surface area contributed by atoms with E-state index < -0.39 is 9.84 Å². The summed E-state index contributed by atoms with van der Waals surface area (Å²) in [4.78, 5) is 0.680. The highest BCUT2D eigenvalue weighted by atomic mass is 32.2. The minimum atomic E-state index is -3.36. The smallest absolute Gasteiger partial charge is 0.206 e. The summed E-state index contributed by atoms with van der Waals surface area (Å²) in [6, 6.07) is 15.4. The van der Waals surface area contributed by atoms with Crippen molar-refractivity contribution in [3.05, 3.63) is 60.2 Å². The first kappa shape index (κ1) is 19.4. The molecule has 2 nitrogen and oxygen atoms in total. The van der Waals surface area contributed by atoms with Crippen molar-refractivity contribution in [2.45, 2.75) is 50.8 Å².